The molecule has 3 aromatic heterocycles. The molecule has 0 saturated carbocycles. The van der Waals surface area contributed by atoms with Gasteiger partial charge in [0.1, 0.15) is 6.10 Å². The zero-order valence-corrected chi connectivity index (χ0v) is 11.9. The van der Waals surface area contributed by atoms with E-state index in [0.29, 0.717) is 0 Å². The molecule has 18 heavy (non-hydrogen) atoms. The van der Waals surface area contributed by atoms with E-state index >= 15 is 0 Å². The number of thiophene rings is 1. The van der Waals surface area contributed by atoms with Crippen molar-refractivity contribution in [2.24, 2.45) is 7.05 Å². The second-order valence-corrected chi connectivity index (χ2v) is 5.78. The molecule has 4 nitrogen and oxygen atoms in total. The lowest BCUT2D eigenvalue weighted by Gasteiger charge is -2.12. The van der Waals surface area contributed by atoms with Crippen LogP contribution >= 0.6 is 27.3 Å². The number of pyridine rings is 1. The fraction of sp³-hybridized carbons (Fsp3) is 0.167. The van der Waals surface area contributed by atoms with Gasteiger partial charge in [-0.15, -0.1) is 11.3 Å². The maximum atomic E-state index is 10.4. The first-order valence-corrected chi connectivity index (χ1v) is 7.02. The van der Waals surface area contributed by atoms with Gasteiger partial charge in [0.25, 0.3) is 0 Å². The van der Waals surface area contributed by atoms with Gasteiger partial charge in [-0.2, -0.15) is 5.10 Å². The highest BCUT2D eigenvalue weighted by molar-refractivity contribution is 9.10. The Hall–Kier alpha value is -1.24. The molecule has 0 amide bonds. The van der Waals surface area contributed by atoms with E-state index in [9.17, 15) is 5.11 Å². The summed E-state index contributed by atoms with van der Waals surface area (Å²) in [5.41, 5.74) is 2.46. The first-order valence-electron chi connectivity index (χ1n) is 5.35. The highest BCUT2D eigenvalue weighted by Crippen LogP contribution is 2.30. The van der Waals surface area contributed by atoms with Crippen LogP contribution in [0, 0.1) is 0 Å². The van der Waals surface area contributed by atoms with Gasteiger partial charge in [0.05, 0.1) is 26.6 Å². The van der Waals surface area contributed by atoms with Gasteiger partial charge < -0.3 is 5.11 Å². The molecule has 3 aromatic rings. The summed E-state index contributed by atoms with van der Waals surface area (Å²) in [5.74, 6) is 0. The van der Waals surface area contributed by atoms with Crippen LogP contribution in [0.25, 0.3) is 10.2 Å². The second kappa shape index (κ2) is 4.46. The van der Waals surface area contributed by atoms with E-state index in [4.69, 9.17) is 0 Å². The van der Waals surface area contributed by atoms with Crippen molar-refractivity contribution in [3.8, 4) is 0 Å². The quantitative estimate of drug-likeness (QED) is 0.789. The maximum Gasteiger partial charge on any atom is 0.123 e. The number of nitrogens with zero attached hydrogens (tertiary/aromatic N) is 3. The molecule has 0 aliphatic rings. The van der Waals surface area contributed by atoms with Crippen molar-refractivity contribution in [3.63, 3.8) is 0 Å². The molecular formula is C12H10BrN3OS. The van der Waals surface area contributed by atoms with Crippen molar-refractivity contribution in [1.82, 2.24) is 14.8 Å². The van der Waals surface area contributed by atoms with Gasteiger partial charge in [-0.25, -0.2) is 0 Å². The van der Waals surface area contributed by atoms with E-state index < -0.39 is 6.10 Å². The first-order chi connectivity index (χ1) is 8.66. The molecule has 0 spiro atoms. The summed E-state index contributed by atoms with van der Waals surface area (Å²) in [5, 5.41) is 16.5. The van der Waals surface area contributed by atoms with Gasteiger partial charge >= 0.3 is 0 Å². The molecule has 1 unspecified atom stereocenters. The number of aryl methyl sites for hydroxylation is 1. The third-order valence-electron chi connectivity index (χ3n) is 2.84. The van der Waals surface area contributed by atoms with Gasteiger partial charge in [0, 0.05) is 18.8 Å². The molecule has 3 heterocycles. The van der Waals surface area contributed by atoms with Crippen LogP contribution in [-0.2, 0) is 7.05 Å². The highest BCUT2D eigenvalue weighted by Gasteiger charge is 2.18. The predicted octanol–water partition coefficient (Wildman–Crippen LogP) is 2.87. The minimum absolute atomic E-state index is 0.729. The van der Waals surface area contributed by atoms with Crippen molar-refractivity contribution in [3.05, 3.63) is 45.6 Å². The fourth-order valence-electron chi connectivity index (χ4n) is 1.90. The molecule has 0 saturated heterocycles. The summed E-state index contributed by atoms with van der Waals surface area (Å²) in [6.07, 6.45) is 2.65. The van der Waals surface area contributed by atoms with Crippen molar-refractivity contribution in [1.29, 1.82) is 0 Å². The molecule has 0 radical (unpaired) electrons. The lowest BCUT2D eigenvalue weighted by molar-refractivity contribution is 0.208. The Labute approximate surface area is 116 Å². The molecule has 0 aromatic carbocycles. The average molecular weight is 324 g/mol. The zero-order valence-electron chi connectivity index (χ0n) is 9.54. The molecule has 6 heteroatoms. The summed E-state index contributed by atoms with van der Waals surface area (Å²) in [4.78, 5) is 4.34. The molecule has 0 fully saturated rings. The van der Waals surface area contributed by atoms with Crippen LogP contribution in [-0.4, -0.2) is 19.9 Å². The smallest absolute Gasteiger partial charge is 0.123 e. The number of aliphatic hydroxyl groups excluding tert-OH is 1. The number of hydrogen-bond acceptors (Lipinski definition) is 4. The van der Waals surface area contributed by atoms with E-state index in [1.165, 1.54) is 0 Å². The van der Waals surface area contributed by atoms with Gasteiger partial charge in [0.2, 0.25) is 0 Å². The number of fused-ring (bicyclic) bond motifs is 1. The fourth-order valence-corrected chi connectivity index (χ4v) is 3.25. The number of rotatable bonds is 2. The van der Waals surface area contributed by atoms with Crippen LogP contribution < -0.4 is 0 Å². The molecule has 92 valence electrons. The van der Waals surface area contributed by atoms with Crippen LogP contribution in [0.15, 0.2) is 34.4 Å². The number of aliphatic hydroxyl groups is 1. The molecule has 0 aliphatic heterocycles. The Morgan fingerprint density at radius 2 is 2.28 bits per heavy atom. The van der Waals surface area contributed by atoms with Crippen molar-refractivity contribution >= 4 is 37.5 Å². The second-order valence-electron chi connectivity index (χ2n) is 3.98. The van der Waals surface area contributed by atoms with E-state index in [-0.39, 0.29) is 0 Å². The normalized spacial score (nSPS) is 13.1. The Morgan fingerprint density at radius 3 is 3.00 bits per heavy atom. The standard InChI is InChI=1S/C12H10BrN3OS/c1-16-11(8(13)6-15-16)12(17)7-4-10-9(14-5-7)2-3-18-10/h2-6,12,17H,1H3. The molecule has 1 atom stereocenters. The van der Waals surface area contributed by atoms with E-state index in [1.54, 1.807) is 35.5 Å². The van der Waals surface area contributed by atoms with Gasteiger partial charge in [-0.1, -0.05) is 0 Å². The Morgan fingerprint density at radius 1 is 1.44 bits per heavy atom. The zero-order chi connectivity index (χ0) is 12.7. The number of aromatic nitrogens is 3. The number of hydrogen-bond donors (Lipinski definition) is 1. The minimum Gasteiger partial charge on any atom is -0.382 e. The Kier molecular flexibility index (Phi) is 2.93. The van der Waals surface area contributed by atoms with Crippen molar-refractivity contribution in [2.45, 2.75) is 6.10 Å². The minimum atomic E-state index is -0.731. The Balaban J connectivity index is 2.08. The molecular weight excluding hydrogens is 314 g/mol. The predicted molar refractivity (Wildman–Crippen MR) is 74.6 cm³/mol. The van der Waals surface area contributed by atoms with Crippen LogP contribution in [0.1, 0.15) is 17.4 Å². The largest absolute Gasteiger partial charge is 0.382 e. The molecule has 0 aliphatic carbocycles. The van der Waals surface area contributed by atoms with Crippen LogP contribution in [0.2, 0.25) is 0 Å². The van der Waals surface area contributed by atoms with Crippen molar-refractivity contribution < 1.29 is 5.11 Å². The summed E-state index contributed by atoms with van der Waals surface area (Å²) in [6, 6.07) is 3.94. The average Bonchev–Trinajstić information content (AvgIpc) is 2.94. The van der Waals surface area contributed by atoms with Crippen LogP contribution in [0.3, 0.4) is 0 Å². The van der Waals surface area contributed by atoms with Gasteiger partial charge in [0.15, 0.2) is 0 Å². The summed E-state index contributed by atoms with van der Waals surface area (Å²) >= 11 is 5.01. The SMILES string of the molecule is Cn1ncc(Br)c1C(O)c1cnc2ccsc2c1. The van der Waals surface area contributed by atoms with Crippen LogP contribution in [0.4, 0.5) is 0 Å². The lowest BCUT2D eigenvalue weighted by Crippen LogP contribution is -2.07. The Bertz CT molecular complexity index is 687. The monoisotopic (exact) mass is 323 g/mol. The van der Waals surface area contributed by atoms with E-state index in [0.717, 1.165) is 25.9 Å². The third kappa shape index (κ3) is 1.86. The molecule has 1 N–H and O–H groups in total. The summed E-state index contributed by atoms with van der Waals surface area (Å²) in [7, 11) is 1.81. The lowest BCUT2D eigenvalue weighted by atomic mass is 10.1. The van der Waals surface area contributed by atoms with Crippen molar-refractivity contribution in [2.75, 3.05) is 0 Å². The van der Waals surface area contributed by atoms with E-state index in [1.807, 2.05) is 17.5 Å². The van der Waals surface area contributed by atoms with E-state index in [2.05, 4.69) is 26.0 Å². The third-order valence-corrected chi connectivity index (χ3v) is 4.30. The highest BCUT2D eigenvalue weighted by atomic mass is 79.9. The molecule has 0 bridgehead atoms. The van der Waals surface area contributed by atoms with Gasteiger partial charge in [-0.3, -0.25) is 9.67 Å². The maximum absolute atomic E-state index is 10.4. The first kappa shape index (κ1) is 11.8. The summed E-state index contributed by atoms with van der Waals surface area (Å²) in [6.45, 7) is 0. The van der Waals surface area contributed by atoms with Gasteiger partial charge in [-0.05, 0) is 33.4 Å². The molecule has 3 rings (SSSR count). The summed E-state index contributed by atoms with van der Waals surface area (Å²) < 4.78 is 3.53. The van der Waals surface area contributed by atoms with Crippen LogP contribution in [0.5, 0.6) is 0 Å². The topological polar surface area (TPSA) is 50.9 Å². The number of halogens is 1.